The summed E-state index contributed by atoms with van der Waals surface area (Å²) in [6, 6.07) is 4.44. The molecule has 0 saturated heterocycles. The van der Waals surface area contributed by atoms with Gasteiger partial charge < -0.3 is 9.73 Å². The number of hydrogen-bond acceptors (Lipinski definition) is 2. The molecule has 0 amide bonds. The minimum Gasteiger partial charge on any atom is -0.456 e. The third-order valence-electron chi connectivity index (χ3n) is 2.87. The zero-order valence-corrected chi connectivity index (χ0v) is 9.89. The first-order valence-corrected chi connectivity index (χ1v) is 5.72. The molecular weight excluding hydrogens is 224 g/mol. The molecule has 0 radical (unpaired) electrons. The van der Waals surface area contributed by atoms with Crippen LogP contribution in [0.2, 0.25) is 0 Å². The molecule has 92 valence electrons. The highest BCUT2D eigenvalue weighted by Crippen LogP contribution is 2.28. The van der Waals surface area contributed by atoms with Crippen molar-refractivity contribution in [2.45, 2.75) is 25.8 Å². The summed E-state index contributed by atoms with van der Waals surface area (Å²) in [7, 11) is 1.82. The van der Waals surface area contributed by atoms with Gasteiger partial charge in [0, 0.05) is 5.39 Å². The third kappa shape index (κ3) is 2.17. The van der Waals surface area contributed by atoms with Gasteiger partial charge in [0.15, 0.2) is 11.4 Å². The molecule has 2 nitrogen and oxygen atoms in total. The van der Waals surface area contributed by atoms with Gasteiger partial charge in [-0.3, -0.25) is 0 Å². The second kappa shape index (κ2) is 4.84. The molecule has 1 N–H and O–H groups in total. The van der Waals surface area contributed by atoms with Crippen LogP contribution in [0.1, 0.15) is 31.6 Å². The van der Waals surface area contributed by atoms with Gasteiger partial charge in [0.1, 0.15) is 5.76 Å². The molecule has 0 aliphatic rings. The Morgan fingerprint density at radius 3 is 2.76 bits per heavy atom. The van der Waals surface area contributed by atoms with E-state index in [2.05, 4.69) is 12.2 Å². The van der Waals surface area contributed by atoms with Crippen LogP contribution < -0.4 is 5.32 Å². The van der Waals surface area contributed by atoms with Crippen molar-refractivity contribution in [1.82, 2.24) is 5.32 Å². The van der Waals surface area contributed by atoms with Crippen LogP contribution in [-0.2, 0) is 0 Å². The van der Waals surface area contributed by atoms with Gasteiger partial charge >= 0.3 is 0 Å². The van der Waals surface area contributed by atoms with Crippen LogP contribution in [0.25, 0.3) is 11.0 Å². The molecule has 0 spiro atoms. The smallest absolute Gasteiger partial charge is 0.201 e. The lowest BCUT2D eigenvalue weighted by atomic mass is 10.1. The summed E-state index contributed by atoms with van der Waals surface area (Å²) in [6.07, 6.45) is 1.87. The summed E-state index contributed by atoms with van der Waals surface area (Å²) in [5.74, 6) is -1.15. The van der Waals surface area contributed by atoms with Crippen LogP contribution in [0, 0.1) is 11.6 Å². The van der Waals surface area contributed by atoms with Crippen LogP contribution >= 0.6 is 0 Å². The molecule has 4 heteroatoms. The Morgan fingerprint density at radius 2 is 2.12 bits per heavy atom. The van der Waals surface area contributed by atoms with Gasteiger partial charge in [-0.2, -0.15) is 4.39 Å². The second-order valence-electron chi connectivity index (χ2n) is 4.06. The maximum atomic E-state index is 13.5. The zero-order chi connectivity index (χ0) is 12.4. The average Bonchev–Trinajstić information content (AvgIpc) is 2.75. The first-order valence-electron chi connectivity index (χ1n) is 5.72. The van der Waals surface area contributed by atoms with Crippen molar-refractivity contribution in [3.05, 3.63) is 35.6 Å². The number of furan rings is 1. The molecule has 1 aromatic carbocycles. The van der Waals surface area contributed by atoms with Gasteiger partial charge in [-0.1, -0.05) is 13.3 Å². The highest BCUT2D eigenvalue weighted by Gasteiger charge is 2.17. The summed E-state index contributed by atoms with van der Waals surface area (Å²) in [4.78, 5) is 0. The Kier molecular flexibility index (Phi) is 3.43. The second-order valence-corrected chi connectivity index (χ2v) is 4.06. The first-order chi connectivity index (χ1) is 8.17. The Labute approximate surface area is 98.6 Å². The Balaban J connectivity index is 2.47. The molecule has 17 heavy (non-hydrogen) atoms. The highest BCUT2D eigenvalue weighted by atomic mass is 19.2. The van der Waals surface area contributed by atoms with E-state index < -0.39 is 11.6 Å². The molecule has 0 fully saturated rings. The van der Waals surface area contributed by atoms with E-state index in [-0.39, 0.29) is 11.6 Å². The standard InChI is InChI=1S/C13H15F2NO/c1-3-4-10(16-2)11-7-8-5-6-9(14)12(15)13(8)17-11/h5-7,10,16H,3-4H2,1-2H3. The van der Waals surface area contributed by atoms with Crippen molar-refractivity contribution in [2.24, 2.45) is 0 Å². The van der Waals surface area contributed by atoms with E-state index in [4.69, 9.17) is 4.42 Å². The molecular formula is C13H15F2NO. The Hall–Kier alpha value is -1.42. The van der Waals surface area contributed by atoms with Gasteiger partial charge in [-0.15, -0.1) is 0 Å². The van der Waals surface area contributed by atoms with Crippen molar-refractivity contribution < 1.29 is 13.2 Å². The van der Waals surface area contributed by atoms with Crippen molar-refractivity contribution in [2.75, 3.05) is 7.05 Å². The number of rotatable bonds is 4. The van der Waals surface area contributed by atoms with Gasteiger partial charge in [-0.25, -0.2) is 4.39 Å². The SMILES string of the molecule is CCCC(NC)c1cc2ccc(F)c(F)c2o1. The highest BCUT2D eigenvalue weighted by molar-refractivity contribution is 5.78. The minimum atomic E-state index is -0.917. The van der Waals surface area contributed by atoms with Crippen molar-refractivity contribution >= 4 is 11.0 Å². The monoisotopic (exact) mass is 239 g/mol. The fourth-order valence-electron chi connectivity index (χ4n) is 1.95. The quantitative estimate of drug-likeness (QED) is 0.878. The number of nitrogens with one attached hydrogen (secondary N) is 1. The molecule has 1 atom stereocenters. The van der Waals surface area contributed by atoms with Crippen molar-refractivity contribution in [3.63, 3.8) is 0 Å². The maximum Gasteiger partial charge on any atom is 0.201 e. The van der Waals surface area contributed by atoms with Gasteiger partial charge in [0.25, 0.3) is 0 Å². The lowest BCUT2D eigenvalue weighted by Gasteiger charge is -2.11. The summed E-state index contributed by atoms with van der Waals surface area (Å²) in [5.41, 5.74) is -0.00338. The fraction of sp³-hybridized carbons (Fsp3) is 0.385. The Morgan fingerprint density at radius 1 is 1.35 bits per heavy atom. The maximum absolute atomic E-state index is 13.5. The molecule has 1 heterocycles. The minimum absolute atomic E-state index is 0.00338. The zero-order valence-electron chi connectivity index (χ0n) is 9.89. The van der Waals surface area contributed by atoms with Crippen LogP contribution in [0.15, 0.2) is 22.6 Å². The van der Waals surface area contributed by atoms with Crippen LogP contribution in [-0.4, -0.2) is 7.05 Å². The van der Waals surface area contributed by atoms with E-state index in [1.54, 1.807) is 6.07 Å². The number of hydrogen-bond donors (Lipinski definition) is 1. The van der Waals surface area contributed by atoms with E-state index >= 15 is 0 Å². The summed E-state index contributed by atoms with van der Waals surface area (Å²) in [5, 5.41) is 3.70. The van der Waals surface area contributed by atoms with Gasteiger partial charge in [0.05, 0.1) is 6.04 Å². The molecule has 0 aliphatic carbocycles. The van der Waals surface area contributed by atoms with Crippen molar-refractivity contribution in [1.29, 1.82) is 0 Å². The van der Waals surface area contributed by atoms with Crippen LogP contribution in [0.5, 0.6) is 0 Å². The third-order valence-corrected chi connectivity index (χ3v) is 2.87. The molecule has 2 aromatic rings. The average molecular weight is 239 g/mol. The molecule has 1 aromatic heterocycles. The van der Waals surface area contributed by atoms with E-state index in [0.29, 0.717) is 11.1 Å². The number of halogens is 2. The van der Waals surface area contributed by atoms with Crippen LogP contribution in [0.3, 0.4) is 0 Å². The van der Waals surface area contributed by atoms with Crippen molar-refractivity contribution in [3.8, 4) is 0 Å². The lowest BCUT2D eigenvalue weighted by Crippen LogP contribution is -2.15. The summed E-state index contributed by atoms with van der Waals surface area (Å²) >= 11 is 0. The number of benzene rings is 1. The number of fused-ring (bicyclic) bond motifs is 1. The molecule has 0 bridgehead atoms. The topological polar surface area (TPSA) is 25.2 Å². The fourth-order valence-corrected chi connectivity index (χ4v) is 1.95. The molecule has 1 unspecified atom stereocenters. The Bertz CT molecular complexity index is 521. The van der Waals surface area contributed by atoms with E-state index in [1.807, 2.05) is 7.05 Å². The predicted molar refractivity (Wildman–Crippen MR) is 62.8 cm³/mol. The lowest BCUT2D eigenvalue weighted by molar-refractivity contribution is 0.417. The van der Waals surface area contributed by atoms with E-state index in [9.17, 15) is 8.78 Å². The molecule has 2 rings (SSSR count). The summed E-state index contributed by atoms with van der Waals surface area (Å²) < 4.78 is 31.9. The largest absolute Gasteiger partial charge is 0.456 e. The normalized spacial score (nSPS) is 13.2. The first kappa shape index (κ1) is 12.0. The van der Waals surface area contributed by atoms with Gasteiger partial charge in [-0.05, 0) is 31.7 Å². The molecule has 0 aliphatic heterocycles. The summed E-state index contributed by atoms with van der Waals surface area (Å²) in [6.45, 7) is 2.06. The van der Waals surface area contributed by atoms with E-state index in [0.717, 1.165) is 18.9 Å². The van der Waals surface area contributed by atoms with Crippen LogP contribution in [0.4, 0.5) is 8.78 Å². The van der Waals surface area contributed by atoms with E-state index in [1.165, 1.54) is 6.07 Å². The van der Waals surface area contributed by atoms with Gasteiger partial charge in [0.2, 0.25) is 5.82 Å². The predicted octanol–water partition coefficient (Wildman–Crippen LogP) is 3.77. The molecule has 0 saturated carbocycles.